The van der Waals surface area contributed by atoms with Crippen molar-refractivity contribution >= 4 is 5.69 Å². The number of nitro benzene ring substituents is 1. The second-order valence-corrected chi connectivity index (χ2v) is 7.65. The second-order valence-electron chi connectivity index (χ2n) is 7.65. The van der Waals surface area contributed by atoms with Crippen LogP contribution >= 0.6 is 0 Å². The van der Waals surface area contributed by atoms with Crippen LogP contribution in [0.4, 0.5) is 5.69 Å². The molecule has 0 saturated heterocycles. The third-order valence-corrected chi connectivity index (χ3v) is 5.68. The van der Waals surface area contributed by atoms with E-state index in [4.69, 9.17) is 5.73 Å². The Morgan fingerprint density at radius 3 is 2.24 bits per heavy atom. The van der Waals surface area contributed by atoms with Crippen LogP contribution in [0, 0.1) is 10.1 Å². The minimum atomic E-state index is -0.360. The van der Waals surface area contributed by atoms with Gasteiger partial charge in [0.25, 0.3) is 5.69 Å². The van der Waals surface area contributed by atoms with E-state index in [1.54, 1.807) is 12.1 Å². The summed E-state index contributed by atoms with van der Waals surface area (Å²) in [5.74, 6) is 0. The largest absolute Gasteiger partial charge is 0.321 e. The first-order valence-corrected chi connectivity index (χ1v) is 10.1. The summed E-state index contributed by atoms with van der Waals surface area (Å²) in [7, 11) is 0. The molecule has 1 unspecified atom stereocenters. The first-order valence-electron chi connectivity index (χ1n) is 10.1. The molecule has 0 bridgehead atoms. The Balaban J connectivity index is 1.69. The smallest absolute Gasteiger partial charge is 0.272 e. The van der Waals surface area contributed by atoms with E-state index in [1.807, 2.05) is 6.07 Å². The standard InChI is InChI=1S/C21H34N2O2/c1-2-3-4-5-6-7-8-9-10-11-16-21(22)17-15-18-19(21)13-12-14-20(18)23(24)25/h12-14H,2-11,15-17,22H2,1H3. The lowest BCUT2D eigenvalue weighted by Gasteiger charge is -2.25. The molecule has 25 heavy (non-hydrogen) atoms. The molecular formula is C21H34N2O2. The van der Waals surface area contributed by atoms with E-state index in [0.29, 0.717) is 0 Å². The van der Waals surface area contributed by atoms with Gasteiger partial charge in [0, 0.05) is 17.2 Å². The Hall–Kier alpha value is -1.42. The Morgan fingerprint density at radius 1 is 1.04 bits per heavy atom. The average Bonchev–Trinajstić information content (AvgIpc) is 2.94. The number of fused-ring (bicyclic) bond motifs is 1. The van der Waals surface area contributed by atoms with E-state index in [2.05, 4.69) is 6.92 Å². The molecule has 0 aliphatic heterocycles. The molecule has 0 aromatic heterocycles. The lowest BCUT2D eigenvalue weighted by molar-refractivity contribution is -0.385. The van der Waals surface area contributed by atoms with Gasteiger partial charge in [-0.1, -0.05) is 83.3 Å². The fraction of sp³-hybridized carbons (Fsp3) is 0.714. The van der Waals surface area contributed by atoms with Crippen molar-refractivity contribution in [3.8, 4) is 0 Å². The quantitative estimate of drug-likeness (QED) is 0.286. The van der Waals surface area contributed by atoms with Gasteiger partial charge in [0.05, 0.1) is 4.92 Å². The zero-order valence-electron chi connectivity index (χ0n) is 15.8. The van der Waals surface area contributed by atoms with Crippen LogP contribution in [0.2, 0.25) is 0 Å². The van der Waals surface area contributed by atoms with Crippen molar-refractivity contribution in [2.24, 2.45) is 5.73 Å². The van der Waals surface area contributed by atoms with Gasteiger partial charge >= 0.3 is 0 Å². The molecule has 0 radical (unpaired) electrons. The molecule has 2 rings (SSSR count). The molecule has 2 N–H and O–H groups in total. The van der Waals surface area contributed by atoms with Gasteiger partial charge < -0.3 is 5.73 Å². The van der Waals surface area contributed by atoms with Gasteiger partial charge in [-0.2, -0.15) is 0 Å². The maximum Gasteiger partial charge on any atom is 0.272 e. The van der Waals surface area contributed by atoms with Crippen LogP contribution in [0.3, 0.4) is 0 Å². The SMILES string of the molecule is CCCCCCCCCCCCC1(N)CCc2c([N+](=O)[O-])cccc21. The second kappa shape index (κ2) is 9.91. The Bertz CT molecular complexity index is 559. The average molecular weight is 347 g/mol. The number of hydrogen-bond acceptors (Lipinski definition) is 3. The van der Waals surface area contributed by atoms with Crippen LogP contribution in [0.5, 0.6) is 0 Å². The van der Waals surface area contributed by atoms with E-state index in [9.17, 15) is 10.1 Å². The lowest BCUT2D eigenvalue weighted by Crippen LogP contribution is -2.34. The highest BCUT2D eigenvalue weighted by Crippen LogP contribution is 2.42. The highest BCUT2D eigenvalue weighted by atomic mass is 16.6. The van der Waals surface area contributed by atoms with E-state index in [0.717, 1.165) is 36.8 Å². The molecule has 1 atom stereocenters. The van der Waals surface area contributed by atoms with Crippen molar-refractivity contribution in [3.63, 3.8) is 0 Å². The number of benzene rings is 1. The van der Waals surface area contributed by atoms with E-state index < -0.39 is 0 Å². The molecule has 0 saturated carbocycles. The zero-order chi connectivity index (χ0) is 18.1. The molecule has 1 aromatic carbocycles. The third-order valence-electron chi connectivity index (χ3n) is 5.68. The summed E-state index contributed by atoms with van der Waals surface area (Å²) in [6.45, 7) is 2.26. The molecular weight excluding hydrogens is 312 g/mol. The highest BCUT2D eigenvalue weighted by Gasteiger charge is 2.37. The lowest BCUT2D eigenvalue weighted by atomic mass is 9.87. The number of nitrogens with two attached hydrogens (primary N) is 1. The maximum atomic E-state index is 11.2. The zero-order valence-corrected chi connectivity index (χ0v) is 15.8. The van der Waals surface area contributed by atoms with Gasteiger partial charge in [-0.15, -0.1) is 0 Å². The van der Waals surface area contributed by atoms with Crippen LogP contribution in [-0.4, -0.2) is 4.92 Å². The summed E-state index contributed by atoms with van der Waals surface area (Å²) in [5.41, 5.74) is 8.38. The topological polar surface area (TPSA) is 69.2 Å². The summed E-state index contributed by atoms with van der Waals surface area (Å²) in [6.07, 6.45) is 15.6. The van der Waals surface area contributed by atoms with Crippen LogP contribution in [-0.2, 0) is 12.0 Å². The van der Waals surface area contributed by atoms with Gasteiger partial charge in [0.1, 0.15) is 0 Å². The summed E-state index contributed by atoms with van der Waals surface area (Å²) in [6, 6.07) is 5.37. The van der Waals surface area contributed by atoms with Gasteiger partial charge in [-0.05, 0) is 24.8 Å². The fourth-order valence-electron chi connectivity index (χ4n) is 4.15. The van der Waals surface area contributed by atoms with E-state index in [-0.39, 0.29) is 16.1 Å². The molecule has 0 heterocycles. The van der Waals surface area contributed by atoms with Gasteiger partial charge in [-0.25, -0.2) is 0 Å². The van der Waals surface area contributed by atoms with Crippen molar-refractivity contribution in [3.05, 3.63) is 39.4 Å². The van der Waals surface area contributed by atoms with E-state index in [1.165, 1.54) is 57.8 Å². The predicted molar refractivity (Wildman–Crippen MR) is 104 cm³/mol. The summed E-state index contributed by atoms with van der Waals surface area (Å²) >= 11 is 0. The van der Waals surface area contributed by atoms with Crippen molar-refractivity contribution in [2.45, 2.75) is 95.9 Å². The number of rotatable bonds is 12. The number of nitrogens with zero attached hydrogens (tertiary/aromatic N) is 1. The van der Waals surface area contributed by atoms with Crippen molar-refractivity contribution in [1.82, 2.24) is 0 Å². The Labute approximate surface area is 152 Å². The Morgan fingerprint density at radius 2 is 1.64 bits per heavy atom. The molecule has 140 valence electrons. The summed E-state index contributed by atoms with van der Waals surface area (Å²) in [5, 5.41) is 11.2. The third kappa shape index (κ3) is 5.53. The fourth-order valence-corrected chi connectivity index (χ4v) is 4.15. The van der Waals surface area contributed by atoms with E-state index >= 15 is 0 Å². The first kappa shape index (κ1) is 19.9. The van der Waals surface area contributed by atoms with Crippen molar-refractivity contribution in [2.75, 3.05) is 0 Å². The van der Waals surface area contributed by atoms with Crippen LogP contribution < -0.4 is 5.73 Å². The first-order chi connectivity index (χ1) is 12.1. The molecule has 4 nitrogen and oxygen atoms in total. The van der Waals surface area contributed by atoms with Crippen LogP contribution in [0.1, 0.15) is 95.1 Å². The van der Waals surface area contributed by atoms with Gasteiger partial charge in [-0.3, -0.25) is 10.1 Å². The van der Waals surface area contributed by atoms with Crippen molar-refractivity contribution < 1.29 is 4.92 Å². The van der Waals surface area contributed by atoms with Gasteiger partial charge in [0.15, 0.2) is 0 Å². The Kier molecular flexibility index (Phi) is 7.89. The summed E-state index contributed by atoms with van der Waals surface area (Å²) in [4.78, 5) is 10.9. The van der Waals surface area contributed by atoms with Crippen LogP contribution in [0.15, 0.2) is 18.2 Å². The molecule has 4 heteroatoms. The van der Waals surface area contributed by atoms with Crippen LogP contribution in [0.25, 0.3) is 0 Å². The molecule has 0 amide bonds. The number of hydrogen-bond donors (Lipinski definition) is 1. The minimum Gasteiger partial charge on any atom is -0.321 e. The normalized spacial score (nSPS) is 19.1. The highest BCUT2D eigenvalue weighted by molar-refractivity contribution is 5.51. The molecule has 0 fully saturated rings. The number of nitro groups is 1. The summed E-state index contributed by atoms with van der Waals surface area (Å²) < 4.78 is 0. The molecule has 1 aliphatic carbocycles. The molecule has 0 spiro atoms. The van der Waals surface area contributed by atoms with Gasteiger partial charge in [0.2, 0.25) is 0 Å². The molecule has 1 aromatic rings. The predicted octanol–water partition coefficient (Wildman–Crippen LogP) is 6.01. The van der Waals surface area contributed by atoms with Crippen molar-refractivity contribution in [1.29, 1.82) is 0 Å². The maximum absolute atomic E-state index is 11.2. The molecule has 1 aliphatic rings. The monoisotopic (exact) mass is 346 g/mol. The number of unbranched alkanes of at least 4 members (excludes halogenated alkanes) is 9. The minimum absolute atomic E-state index is 0.243.